The van der Waals surface area contributed by atoms with Gasteiger partial charge in [-0.3, -0.25) is 4.57 Å². The number of aromatic amines is 1. The number of pyridine rings is 1. The van der Waals surface area contributed by atoms with Crippen LogP contribution < -0.4 is 4.74 Å². The maximum atomic E-state index is 5.42. The molecule has 0 aliphatic heterocycles. The molecule has 0 saturated carbocycles. The van der Waals surface area contributed by atoms with Crippen molar-refractivity contribution in [1.29, 1.82) is 0 Å². The highest BCUT2D eigenvalue weighted by molar-refractivity contribution is 7.71. The molecule has 5 heteroatoms. The molecule has 3 rings (SSSR count). The zero-order valence-corrected chi connectivity index (χ0v) is 12.4. The molecule has 2 heterocycles. The predicted molar refractivity (Wildman–Crippen MR) is 82.3 cm³/mol. The quantitative estimate of drug-likeness (QED) is 0.730. The minimum atomic E-state index is 0.573. The first-order chi connectivity index (χ1) is 9.60. The van der Waals surface area contributed by atoms with E-state index < -0.39 is 0 Å². The molecule has 0 amide bonds. The largest absolute Gasteiger partial charge is 0.481 e. The van der Waals surface area contributed by atoms with Crippen molar-refractivity contribution < 1.29 is 4.74 Å². The zero-order valence-electron chi connectivity index (χ0n) is 11.6. The molecular weight excluding hydrogens is 270 g/mol. The number of hydrogen-bond donors (Lipinski definition) is 1. The third-order valence-corrected chi connectivity index (χ3v) is 3.75. The smallest absolute Gasteiger partial charge is 0.215 e. The van der Waals surface area contributed by atoms with E-state index >= 15 is 0 Å². The first-order valence-electron chi connectivity index (χ1n) is 6.33. The Morgan fingerprint density at radius 3 is 2.65 bits per heavy atom. The second-order valence-electron chi connectivity index (χ2n) is 4.76. The summed E-state index contributed by atoms with van der Waals surface area (Å²) in [5, 5.41) is 0. The molecule has 0 aliphatic rings. The van der Waals surface area contributed by atoms with Crippen molar-refractivity contribution in [2.24, 2.45) is 0 Å². The molecule has 0 aliphatic carbocycles. The van der Waals surface area contributed by atoms with Gasteiger partial charge in [0.05, 0.1) is 18.3 Å². The molecule has 2 aromatic heterocycles. The van der Waals surface area contributed by atoms with Gasteiger partial charge in [0.25, 0.3) is 0 Å². The average molecular weight is 285 g/mol. The van der Waals surface area contributed by atoms with Gasteiger partial charge in [-0.15, -0.1) is 0 Å². The molecule has 0 unspecified atom stereocenters. The lowest BCUT2D eigenvalue weighted by Crippen LogP contribution is -1.98. The Bertz CT molecular complexity index is 848. The maximum Gasteiger partial charge on any atom is 0.215 e. The van der Waals surface area contributed by atoms with Crippen LogP contribution in [0.25, 0.3) is 16.9 Å². The summed E-state index contributed by atoms with van der Waals surface area (Å²) in [6, 6.07) is 9.99. The van der Waals surface area contributed by atoms with Crippen molar-refractivity contribution in [3.8, 4) is 11.6 Å². The summed E-state index contributed by atoms with van der Waals surface area (Å²) in [6.07, 6.45) is 0. The number of nitrogens with one attached hydrogen (secondary N) is 1. The molecular formula is C15H15N3OS. The first kappa shape index (κ1) is 12.9. The third-order valence-electron chi connectivity index (χ3n) is 3.46. The Balaban J connectivity index is 2.31. The Labute approximate surface area is 122 Å². The van der Waals surface area contributed by atoms with Crippen LogP contribution in [-0.2, 0) is 0 Å². The van der Waals surface area contributed by atoms with Gasteiger partial charge in [0.2, 0.25) is 5.88 Å². The second kappa shape index (κ2) is 4.76. The summed E-state index contributed by atoms with van der Waals surface area (Å²) in [5.41, 5.74) is 5.16. The number of methoxy groups -OCH3 is 1. The van der Waals surface area contributed by atoms with E-state index in [0.717, 1.165) is 16.9 Å². The fraction of sp³-hybridized carbons (Fsp3) is 0.200. The summed E-state index contributed by atoms with van der Waals surface area (Å²) in [6.45, 7) is 4.18. The van der Waals surface area contributed by atoms with E-state index in [2.05, 4.69) is 35.9 Å². The van der Waals surface area contributed by atoms with Gasteiger partial charge in [0.1, 0.15) is 0 Å². The number of nitrogens with zero attached hydrogens (tertiary/aromatic N) is 2. The van der Waals surface area contributed by atoms with Crippen LogP contribution >= 0.6 is 12.2 Å². The van der Waals surface area contributed by atoms with E-state index in [1.165, 1.54) is 11.1 Å². The van der Waals surface area contributed by atoms with Gasteiger partial charge in [0, 0.05) is 6.07 Å². The number of hydrogen-bond acceptors (Lipinski definition) is 3. The highest BCUT2D eigenvalue weighted by atomic mass is 32.1. The molecule has 1 aromatic carbocycles. The molecule has 0 radical (unpaired) electrons. The van der Waals surface area contributed by atoms with Crippen LogP contribution in [0, 0.1) is 18.6 Å². The number of imidazole rings is 1. The van der Waals surface area contributed by atoms with E-state index in [9.17, 15) is 0 Å². The first-order valence-corrected chi connectivity index (χ1v) is 6.74. The SMILES string of the molecule is COc1ccc2[nH]c(=S)n(-c3ccc(C)c(C)c3)c2n1. The van der Waals surface area contributed by atoms with Crippen molar-refractivity contribution >= 4 is 23.4 Å². The molecule has 4 nitrogen and oxygen atoms in total. The molecule has 20 heavy (non-hydrogen) atoms. The average Bonchev–Trinajstić information content (AvgIpc) is 2.77. The van der Waals surface area contributed by atoms with Crippen LogP contribution in [0.15, 0.2) is 30.3 Å². The van der Waals surface area contributed by atoms with Gasteiger partial charge in [0.15, 0.2) is 10.4 Å². The number of aryl methyl sites for hydroxylation is 2. The van der Waals surface area contributed by atoms with Gasteiger partial charge >= 0.3 is 0 Å². The van der Waals surface area contributed by atoms with Gasteiger partial charge in [-0.2, -0.15) is 4.98 Å². The highest BCUT2D eigenvalue weighted by Gasteiger charge is 2.09. The Hall–Kier alpha value is -2.14. The van der Waals surface area contributed by atoms with E-state index in [4.69, 9.17) is 17.0 Å². The van der Waals surface area contributed by atoms with E-state index in [-0.39, 0.29) is 0 Å². The molecule has 0 saturated heterocycles. The third kappa shape index (κ3) is 2.00. The van der Waals surface area contributed by atoms with Crippen molar-refractivity contribution in [1.82, 2.24) is 14.5 Å². The van der Waals surface area contributed by atoms with Crippen LogP contribution in [0.4, 0.5) is 0 Å². The lowest BCUT2D eigenvalue weighted by atomic mass is 10.1. The molecule has 0 bridgehead atoms. The van der Waals surface area contributed by atoms with E-state index in [1.54, 1.807) is 7.11 Å². The monoisotopic (exact) mass is 285 g/mol. The van der Waals surface area contributed by atoms with Crippen LogP contribution in [0.3, 0.4) is 0 Å². The summed E-state index contributed by atoms with van der Waals surface area (Å²) in [5.74, 6) is 0.573. The number of H-pyrrole nitrogens is 1. The topological polar surface area (TPSA) is 42.8 Å². The second-order valence-corrected chi connectivity index (χ2v) is 5.15. The summed E-state index contributed by atoms with van der Waals surface area (Å²) >= 11 is 5.42. The zero-order chi connectivity index (χ0) is 14.3. The number of rotatable bonds is 2. The van der Waals surface area contributed by atoms with E-state index in [0.29, 0.717) is 10.7 Å². The standard InChI is InChI=1S/C15H15N3OS/c1-9-4-5-11(8-10(9)2)18-14-12(16-15(18)20)6-7-13(17-14)19-3/h4-8H,1-3H3,(H,16,20). The van der Waals surface area contributed by atoms with Crippen LogP contribution in [0.5, 0.6) is 5.88 Å². The number of ether oxygens (including phenoxy) is 1. The molecule has 0 fully saturated rings. The molecule has 0 atom stereocenters. The molecule has 102 valence electrons. The molecule has 1 N–H and O–H groups in total. The number of benzene rings is 1. The van der Waals surface area contributed by atoms with E-state index in [1.807, 2.05) is 22.8 Å². The summed E-state index contributed by atoms with van der Waals surface area (Å²) in [4.78, 5) is 7.66. The predicted octanol–water partition coefficient (Wildman–Crippen LogP) is 3.71. The number of aromatic nitrogens is 3. The Kier molecular flexibility index (Phi) is 3.06. The molecule has 3 aromatic rings. The summed E-state index contributed by atoms with van der Waals surface area (Å²) in [7, 11) is 1.61. The minimum Gasteiger partial charge on any atom is -0.481 e. The fourth-order valence-electron chi connectivity index (χ4n) is 2.18. The lowest BCUT2D eigenvalue weighted by Gasteiger charge is -2.07. The van der Waals surface area contributed by atoms with Crippen molar-refractivity contribution in [2.45, 2.75) is 13.8 Å². The van der Waals surface area contributed by atoms with Gasteiger partial charge < -0.3 is 9.72 Å². The van der Waals surface area contributed by atoms with Crippen molar-refractivity contribution in [3.63, 3.8) is 0 Å². The van der Waals surface area contributed by atoms with Gasteiger partial charge in [-0.05, 0) is 55.4 Å². The minimum absolute atomic E-state index is 0.573. The Morgan fingerprint density at radius 1 is 1.15 bits per heavy atom. The molecule has 0 spiro atoms. The fourth-order valence-corrected chi connectivity index (χ4v) is 2.49. The van der Waals surface area contributed by atoms with Crippen molar-refractivity contribution in [2.75, 3.05) is 7.11 Å². The van der Waals surface area contributed by atoms with Crippen LogP contribution in [0.2, 0.25) is 0 Å². The van der Waals surface area contributed by atoms with Gasteiger partial charge in [-0.25, -0.2) is 0 Å². The van der Waals surface area contributed by atoms with Crippen LogP contribution in [-0.4, -0.2) is 21.6 Å². The normalized spacial score (nSPS) is 10.9. The van der Waals surface area contributed by atoms with Crippen molar-refractivity contribution in [3.05, 3.63) is 46.2 Å². The van der Waals surface area contributed by atoms with Gasteiger partial charge in [-0.1, -0.05) is 6.07 Å². The summed E-state index contributed by atoms with van der Waals surface area (Å²) < 4.78 is 7.75. The number of fused-ring (bicyclic) bond motifs is 1. The van der Waals surface area contributed by atoms with Crippen LogP contribution in [0.1, 0.15) is 11.1 Å². The lowest BCUT2D eigenvalue weighted by molar-refractivity contribution is 0.399. The Morgan fingerprint density at radius 2 is 1.95 bits per heavy atom. The maximum absolute atomic E-state index is 5.42. The highest BCUT2D eigenvalue weighted by Crippen LogP contribution is 2.22.